The molecule has 0 aliphatic heterocycles. The number of hydrogen-bond donors (Lipinski definition) is 0. The Morgan fingerprint density at radius 2 is 2.00 bits per heavy atom. The largest absolute Gasteiger partial charge is 0.222 e. The maximum atomic E-state index is 11.4. The molecule has 5 nitrogen and oxygen atoms in total. The molecule has 19 heavy (non-hydrogen) atoms. The molecule has 2 rings (SSSR count). The normalized spacial score (nSPS) is 12.1. The molecule has 102 valence electrons. The van der Waals surface area contributed by atoms with Crippen molar-refractivity contribution in [3.8, 4) is 5.69 Å². The number of aromatic nitrogens is 3. The first-order valence-corrected chi connectivity index (χ1v) is 7.98. The van der Waals surface area contributed by atoms with Gasteiger partial charge in [-0.3, -0.25) is 0 Å². The third kappa shape index (κ3) is 2.96. The van der Waals surface area contributed by atoms with Gasteiger partial charge in [-0.25, -0.2) is 13.1 Å². The zero-order valence-corrected chi connectivity index (χ0v) is 12.4. The van der Waals surface area contributed by atoms with Crippen LogP contribution in [-0.2, 0) is 9.84 Å². The standard InChI is InChI=1S/C12H14ClN3O2S/c1-8(2)10-6-9(13)4-5-11(10)16-7-12(14-15-16)19(3,17)18/h4-8H,1-3H3. The molecule has 1 aromatic heterocycles. The first-order valence-electron chi connectivity index (χ1n) is 5.71. The van der Waals surface area contributed by atoms with Crippen molar-refractivity contribution in [2.24, 2.45) is 0 Å². The van der Waals surface area contributed by atoms with E-state index in [-0.39, 0.29) is 10.9 Å². The van der Waals surface area contributed by atoms with Crippen molar-refractivity contribution in [2.75, 3.05) is 6.26 Å². The first-order chi connectivity index (χ1) is 8.79. The van der Waals surface area contributed by atoms with Gasteiger partial charge in [-0.1, -0.05) is 30.7 Å². The lowest BCUT2D eigenvalue weighted by Crippen LogP contribution is -2.02. The van der Waals surface area contributed by atoms with E-state index in [9.17, 15) is 8.42 Å². The van der Waals surface area contributed by atoms with Gasteiger partial charge >= 0.3 is 0 Å². The minimum absolute atomic E-state index is 0.0443. The van der Waals surface area contributed by atoms with Crippen LogP contribution in [0.25, 0.3) is 5.69 Å². The van der Waals surface area contributed by atoms with Crippen LogP contribution >= 0.6 is 11.6 Å². The predicted molar refractivity (Wildman–Crippen MR) is 73.6 cm³/mol. The quantitative estimate of drug-likeness (QED) is 0.873. The Labute approximate surface area is 117 Å². The molecule has 0 unspecified atom stereocenters. The number of rotatable bonds is 3. The van der Waals surface area contributed by atoms with Gasteiger partial charge in [0.25, 0.3) is 0 Å². The molecule has 0 amide bonds. The van der Waals surface area contributed by atoms with Crippen molar-refractivity contribution >= 4 is 21.4 Å². The fourth-order valence-corrected chi connectivity index (χ4v) is 2.39. The average Bonchev–Trinajstić information content (AvgIpc) is 2.77. The van der Waals surface area contributed by atoms with Crippen LogP contribution in [0.3, 0.4) is 0 Å². The summed E-state index contributed by atoms with van der Waals surface area (Å²) in [7, 11) is -3.35. The smallest absolute Gasteiger partial charge is 0.197 e. The van der Waals surface area contributed by atoms with Gasteiger partial charge in [0.15, 0.2) is 14.9 Å². The molecule has 0 aliphatic rings. The molecule has 0 N–H and O–H groups in total. The van der Waals surface area contributed by atoms with Crippen molar-refractivity contribution in [3.63, 3.8) is 0 Å². The van der Waals surface area contributed by atoms with Gasteiger partial charge in [0, 0.05) is 11.3 Å². The number of nitrogens with zero attached hydrogens (tertiary/aromatic N) is 3. The summed E-state index contributed by atoms with van der Waals surface area (Å²) in [5.41, 5.74) is 1.76. The van der Waals surface area contributed by atoms with E-state index in [4.69, 9.17) is 11.6 Å². The molecule has 0 bridgehead atoms. The minimum Gasteiger partial charge on any atom is -0.222 e. The number of sulfone groups is 1. The van der Waals surface area contributed by atoms with Gasteiger partial charge in [-0.05, 0) is 29.7 Å². The third-order valence-corrected chi connectivity index (χ3v) is 3.89. The second kappa shape index (κ2) is 4.94. The van der Waals surface area contributed by atoms with Crippen LogP contribution in [-0.4, -0.2) is 29.7 Å². The van der Waals surface area contributed by atoms with Gasteiger partial charge in [-0.2, -0.15) is 0 Å². The predicted octanol–water partition coefficient (Wildman–Crippen LogP) is 2.45. The second-order valence-electron chi connectivity index (χ2n) is 4.63. The van der Waals surface area contributed by atoms with E-state index >= 15 is 0 Å². The molecule has 2 aromatic rings. The highest BCUT2D eigenvalue weighted by molar-refractivity contribution is 7.90. The lowest BCUT2D eigenvalue weighted by atomic mass is 10.0. The Kier molecular flexibility index (Phi) is 3.64. The van der Waals surface area contributed by atoms with Crippen LogP contribution in [0.1, 0.15) is 25.3 Å². The number of halogens is 1. The first kappa shape index (κ1) is 14.0. The summed E-state index contributed by atoms with van der Waals surface area (Å²) >= 11 is 5.98. The molecule has 0 aliphatic carbocycles. The molecule has 1 aromatic carbocycles. The minimum atomic E-state index is -3.35. The fraction of sp³-hybridized carbons (Fsp3) is 0.333. The average molecular weight is 300 g/mol. The van der Waals surface area contributed by atoms with E-state index in [1.807, 2.05) is 19.9 Å². The van der Waals surface area contributed by atoms with Crippen LogP contribution < -0.4 is 0 Å². The molecule has 0 atom stereocenters. The SMILES string of the molecule is CC(C)c1cc(Cl)ccc1-n1cc(S(C)(=O)=O)nn1. The zero-order valence-electron chi connectivity index (χ0n) is 10.8. The summed E-state index contributed by atoms with van der Waals surface area (Å²) in [5, 5.41) is 8.14. The molecule has 0 fully saturated rings. The maximum Gasteiger partial charge on any atom is 0.197 e. The van der Waals surface area contributed by atoms with Crippen molar-refractivity contribution in [3.05, 3.63) is 35.0 Å². The Balaban J connectivity index is 2.56. The van der Waals surface area contributed by atoms with E-state index in [0.717, 1.165) is 17.5 Å². The molecular formula is C12H14ClN3O2S. The van der Waals surface area contributed by atoms with Crippen LogP contribution in [0.5, 0.6) is 0 Å². The summed E-state index contributed by atoms with van der Waals surface area (Å²) in [5.74, 6) is 0.236. The fourth-order valence-electron chi connectivity index (χ4n) is 1.73. The molecule has 0 radical (unpaired) electrons. The number of hydrogen-bond acceptors (Lipinski definition) is 4. The molecule has 1 heterocycles. The Bertz CT molecular complexity index is 708. The van der Waals surface area contributed by atoms with Crippen molar-refractivity contribution in [2.45, 2.75) is 24.8 Å². The zero-order chi connectivity index (χ0) is 14.2. The lowest BCUT2D eigenvalue weighted by molar-refractivity contribution is 0.598. The van der Waals surface area contributed by atoms with Crippen molar-refractivity contribution in [1.82, 2.24) is 15.0 Å². The highest BCUT2D eigenvalue weighted by Gasteiger charge is 2.15. The molecule has 7 heteroatoms. The highest BCUT2D eigenvalue weighted by Crippen LogP contribution is 2.26. The van der Waals surface area contributed by atoms with E-state index in [2.05, 4.69) is 10.3 Å². The Morgan fingerprint density at radius 1 is 1.32 bits per heavy atom. The highest BCUT2D eigenvalue weighted by atomic mass is 35.5. The van der Waals surface area contributed by atoms with E-state index in [1.165, 1.54) is 10.9 Å². The molecule has 0 saturated carbocycles. The van der Waals surface area contributed by atoms with Crippen molar-refractivity contribution < 1.29 is 8.42 Å². The van der Waals surface area contributed by atoms with Gasteiger partial charge in [0.2, 0.25) is 0 Å². The molecular weight excluding hydrogens is 286 g/mol. The van der Waals surface area contributed by atoms with Crippen LogP contribution in [0.4, 0.5) is 0 Å². The van der Waals surface area contributed by atoms with Gasteiger partial charge in [-0.15, -0.1) is 5.10 Å². The summed E-state index contributed by atoms with van der Waals surface area (Å²) in [6.45, 7) is 4.06. The summed E-state index contributed by atoms with van der Waals surface area (Å²) in [6.07, 6.45) is 2.51. The van der Waals surface area contributed by atoms with Crippen LogP contribution in [0.2, 0.25) is 5.02 Å². The summed E-state index contributed by atoms with van der Waals surface area (Å²) < 4.78 is 24.3. The third-order valence-electron chi connectivity index (χ3n) is 2.71. The maximum absolute atomic E-state index is 11.4. The van der Waals surface area contributed by atoms with Gasteiger partial charge < -0.3 is 0 Å². The van der Waals surface area contributed by atoms with E-state index in [1.54, 1.807) is 12.1 Å². The second-order valence-corrected chi connectivity index (χ2v) is 7.03. The van der Waals surface area contributed by atoms with Gasteiger partial charge in [0.1, 0.15) is 0 Å². The van der Waals surface area contributed by atoms with Crippen LogP contribution in [0.15, 0.2) is 29.4 Å². The van der Waals surface area contributed by atoms with E-state index in [0.29, 0.717) is 5.02 Å². The summed E-state index contributed by atoms with van der Waals surface area (Å²) in [6, 6.07) is 5.40. The van der Waals surface area contributed by atoms with Crippen LogP contribution in [0, 0.1) is 0 Å². The number of benzene rings is 1. The Hall–Kier alpha value is -1.40. The molecule has 0 saturated heterocycles. The Morgan fingerprint density at radius 3 is 2.53 bits per heavy atom. The summed E-state index contributed by atoms with van der Waals surface area (Å²) in [4.78, 5) is 0. The molecule has 0 spiro atoms. The van der Waals surface area contributed by atoms with E-state index < -0.39 is 9.84 Å². The lowest BCUT2D eigenvalue weighted by Gasteiger charge is -2.12. The van der Waals surface area contributed by atoms with Gasteiger partial charge in [0.05, 0.1) is 11.9 Å². The monoisotopic (exact) mass is 299 g/mol. The van der Waals surface area contributed by atoms with Crippen molar-refractivity contribution in [1.29, 1.82) is 0 Å². The topological polar surface area (TPSA) is 64.8 Å².